The molecule has 1 amide bonds. The number of hydrogen-bond donors (Lipinski definition) is 1. The van der Waals surface area contributed by atoms with E-state index in [1.54, 1.807) is 12.1 Å². The van der Waals surface area contributed by atoms with Crippen molar-refractivity contribution in [1.29, 1.82) is 0 Å². The Balaban J connectivity index is 1.54. The van der Waals surface area contributed by atoms with E-state index in [0.717, 1.165) is 30.2 Å². The zero-order valence-electron chi connectivity index (χ0n) is 15.6. The van der Waals surface area contributed by atoms with Crippen LogP contribution in [0, 0.1) is 0 Å². The van der Waals surface area contributed by atoms with Crippen LogP contribution in [-0.4, -0.2) is 40.9 Å². The third-order valence-corrected chi connectivity index (χ3v) is 5.90. The first-order chi connectivity index (χ1) is 13.9. The molecule has 0 spiro atoms. The molecule has 1 fully saturated rings. The van der Waals surface area contributed by atoms with E-state index in [1.807, 2.05) is 12.1 Å². The lowest BCUT2D eigenvalue weighted by Crippen LogP contribution is -2.33. The van der Waals surface area contributed by atoms with E-state index in [4.69, 9.17) is 4.74 Å². The fourth-order valence-corrected chi connectivity index (χ4v) is 4.34. The first kappa shape index (κ1) is 20.2. The van der Waals surface area contributed by atoms with Crippen LogP contribution in [0.4, 0.5) is 13.2 Å². The Labute approximate surface area is 170 Å². The van der Waals surface area contributed by atoms with Gasteiger partial charge in [-0.15, -0.1) is 0 Å². The SMILES string of the molecule is O=C(CSc1nc2c(c(C(F)(F)F)n1)CCc1ccccc1-2)NCC1CCCO1. The maximum absolute atomic E-state index is 13.6. The van der Waals surface area contributed by atoms with Gasteiger partial charge < -0.3 is 10.1 Å². The number of thioether (sulfide) groups is 1. The third kappa shape index (κ3) is 4.56. The quantitative estimate of drug-likeness (QED) is 0.588. The number of hydrogen-bond acceptors (Lipinski definition) is 5. The lowest BCUT2D eigenvalue weighted by Gasteiger charge is -2.22. The molecule has 1 aliphatic heterocycles. The van der Waals surface area contributed by atoms with Crippen LogP contribution in [0.3, 0.4) is 0 Å². The molecule has 4 rings (SSSR count). The summed E-state index contributed by atoms with van der Waals surface area (Å²) >= 11 is 0.914. The van der Waals surface area contributed by atoms with Crippen molar-refractivity contribution in [3.8, 4) is 11.3 Å². The van der Waals surface area contributed by atoms with Crippen molar-refractivity contribution in [2.45, 2.75) is 43.1 Å². The topological polar surface area (TPSA) is 64.1 Å². The largest absolute Gasteiger partial charge is 0.433 e. The van der Waals surface area contributed by atoms with Crippen molar-refractivity contribution in [1.82, 2.24) is 15.3 Å². The molecule has 1 unspecified atom stereocenters. The third-order valence-electron chi connectivity index (χ3n) is 5.06. The number of ether oxygens (including phenoxy) is 1. The summed E-state index contributed by atoms with van der Waals surface area (Å²) in [6.45, 7) is 1.10. The first-order valence-electron chi connectivity index (χ1n) is 9.49. The molecule has 0 saturated carbocycles. The normalized spacial score (nSPS) is 18.2. The van der Waals surface area contributed by atoms with Crippen LogP contribution in [0.25, 0.3) is 11.3 Å². The van der Waals surface area contributed by atoms with Crippen LogP contribution in [0.1, 0.15) is 29.7 Å². The molecule has 29 heavy (non-hydrogen) atoms. The fraction of sp³-hybridized carbons (Fsp3) is 0.450. The van der Waals surface area contributed by atoms with Crippen LogP contribution in [0.5, 0.6) is 0 Å². The predicted octanol–water partition coefficient (Wildman–Crippen LogP) is 3.65. The number of benzene rings is 1. The van der Waals surface area contributed by atoms with E-state index >= 15 is 0 Å². The number of alkyl halides is 3. The average molecular weight is 423 g/mol. The van der Waals surface area contributed by atoms with Crippen molar-refractivity contribution in [2.24, 2.45) is 0 Å². The van der Waals surface area contributed by atoms with E-state index < -0.39 is 11.9 Å². The highest BCUT2D eigenvalue weighted by molar-refractivity contribution is 7.99. The lowest BCUT2D eigenvalue weighted by atomic mass is 9.88. The van der Waals surface area contributed by atoms with Crippen molar-refractivity contribution < 1.29 is 22.7 Å². The van der Waals surface area contributed by atoms with E-state index in [0.29, 0.717) is 30.8 Å². The van der Waals surface area contributed by atoms with Crippen molar-refractivity contribution in [3.63, 3.8) is 0 Å². The van der Waals surface area contributed by atoms with Gasteiger partial charge in [-0.2, -0.15) is 13.2 Å². The van der Waals surface area contributed by atoms with E-state index in [-0.39, 0.29) is 34.9 Å². The number of rotatable bonds is 5. The summed E-state index contributed by atoms with van der Waals surface area (Å²) in [5, 5.41) is 2.71. The highest BCUT2D eigenvalue weighted by Crippen LogP contribution is 2.40. The van der Waals surface area contributed by atoms with Gasteiger partial charge in [-0.3, -0.25) is 4.79 Å². The van der Waals surface area contributed by atoms with Gasteiger partial charge in [-0.05, 0) is 31.2 Å². The fourth-order valence-electron chi connectivity index (χ4n) is 3.67. The number of carbonyl (C=O) groups is 1. The molecule has 1 saturated heterocycles. The van der Waals surface area contributed by atoms with E-state index in [9.17, 15) is 18.0 Å². The second-order valence-corrected chi connectivity index (χ2v) is 8.01. The van der Waals surface area contributed by atoms with Crippen LogP contribution >= 0.6 is 11.8 Å². The Bertz CT molecular complexity index is 914. The standard InChI is InChI=1S/C20H20F3N3O2S/c21-20(22,23)18-15-8-7-12-4-1-2-6-14(12)17(15)25-19(26-18)29-11-16(27)24-10-13-5-3-9-28-13/h1-2,4,6,13H,3,5,7-11H2,(H,24,27). The number of halogens is 3. The van der Waals surface area contributed by atoms with Gasteiger partial charge in [0.25, 0.3) is 0 Å². The summed E-state index contributed by atoms with van der Waals surface area (Å²) in [7, 11) is 0. The summed E-state index contributed by atoms with van der Waals surface area (Å²) in [4.78, 5) is 20.2. The van der Waals surface area contributed by atoms with Gasteiger partial charge in [-0.1, -0.05) is 36.0 Å². The van der Waals surface area contributed by atoms with Gasteiger partial charge in [0, 0.05) is 24.3 Å². The maximum Gasteiger partial charge on any atom is 0.433 e. The Morgan fingerprint density at radius 2 is 2.07 bits per heavy atom. The molecule has 154 valence electrons. The maximum atomic E-state index is 13.6. The van der Waals surface area contributed by atoms with Crippen LogP contribution in [0.15, 0.2) is 29.4 Å². The summed E-state index contributed by atoms with van der Waals surface area (Å²) in [6.07, 6.45) is -1.93. The minimum Gasteiger partial charge on any atom is -0.376 e. The molecule has 2 heterocycles. The summed E-state index contributed by atoms with van der Waals surface area (Å²) in [5.41, 5.74) is 1.21. The molecule has 5 nitrogen and oxygen atoms in total. The van der Waals surface area contributed by atoms with Crippen molar-refractivity contribution >= 4 is 17.7 Å². The van der Waals surface area contributed by atoms with Gasteiger partial charge in [0.1, 0.15) is 0 Å². The van der Waals surface area contributed by atoms with Crippen LogP contribution in [0.2, 0.25) is 0 Å². The zero-order valence-corrected chi connectivity index (χ0v) is 16.4. The first-order valence-corrected chi connectivity index (χ1v) is 10.5. The number of aryl methyl sites for hydroxylation is 1. The van der Waals surface area contributed by atoms with Crippen LogP contribution in [-0.2, 0) is 28.5 Å². The second-order valence-electron chi connectivity index (χ2n) is 7.06. The Morgan fingerprint density at radius 3 is 2.83 bits per heavy atom. The molecule has 1 aliphatic carbocycles. The minimum absolute atomic E-state index is 0.0114. The van der Waals surface area contributed by atoms with Crippen molar-refractivity contribution in [2.75, 3.05) is 18.9 Å². The average Bonchev–Trinajstić information content (AvgIpc) is 3.23. The smallest absolute Gasteiger partial charge is 0.376 e. The number of amides is 1. The van der Waals surface area contributed by atoms with Crippen LogP contribution < -0.4 is 5.32 Å². The number of nitrogens with one attached hydrogen (secondary N) is 1. The number of fused-ring (bicyclic) bond motifs is 3. The summed E-state index contributed by atoms with van der Waals surface area (Å²) in [6, 6.07) is 7.33. The molecule has 0 radical (unpaired) electrons. The second kappa shape index (κ2) is 8.31. The highest BCUT2D eigenvalue weighted by Gasteiger charge is 2.38. The summed E-state index contributed by atoms with van der Waals surface area (Å²) in [5.74, 6) is -0.328. The molecule has 9 heteroatoms. The van der Waals surface area contributed by atoms with Crippen molar-refractivity contribution in [3.05, 3.63) is 41.1 Å². The van der Waals surface area contributed by atoms with Gasteiger partial charge in [0.05, 0.1) is 17.6 Å². The molecule has 0 bridgehead atoms. The van der Waals surface area contributed by atoms with Gasteiger partial charge >= 0.3 is 6.18 Å². The van der Waals surface area contributed by atoms with Gasteiger partial charge in [0.15, 0.2) is 10.9 Å². The number of nitrogens with zero attached hydrogens (tertiary/aromatic N) is 2. The van der Waals surface area contributed by atoms with Gasteiger partial charge in [-0.25, -0.2) is 9.97 Å². The molecule has 1 aromatic heterocycles. The predicted molar refractivity (Wildman–Crippen MR) is 103 cm³/mol. The lowest BCUT2D eigenvalue weighted by molar-refractivity contribution is -0.142. The molecule has 1 atom stereocenters. The van der Waals surface area contributed by atoms with E-state index in [2.05, 4.69) is 15.3 Å². The minimum atomic E-state index is -4.57. The Kier molecular flexibility index (Phi) is 5.78. The Morgan fingerprint density at radius 1 is 1.24 bits per heavy atom. The molecule has 1 N–H and O–H groups in total. The van der Waals surface area contributed by atoms with E-state index in [1.165, 1.54) is 0 Å². The number of carbonyl (C=O) groups excluding carboxylic acids is 1. The molecule has 1 aromatic carbocycles. The molecular formula is C20H20F3N3O2S. The summed E-state index contributed by atoms with van der Waals surface area (Å²) < 4.78 is 46.3. The zero-order chi connectivity index (χ0) is 20.4. The van der Waals surface area contributed by atoms with Gasteiger partial charge in [0.2, 0.25) is 5.91 Å². The number of aromatic nitrogens is 2. The Hall–Kier alpha value is -2.13. The highest BCUT2D eigenvalue weighted by atomic mass is 32.2. The molecular weight excluding hydrogens is 403 g/mol. The monoisotopic (exact) mass is 423 g/mol. The molecule has 2 aromatic rings. The molecule has 2 aliphatic rings.